The van der Waals surface area contributed by atoms with Gasteiger partial charge in [-0.15, -0.1) is 11.3 Å². The van der Waals surface area contributed by atoms with Crippen LogP contribution in [-0.2, 0) is 24.1 Å². The number of esters is 1. The monoisotopic (exact) mass is 435 g/mol. The van der Waals surface area contributed by atoms with Crippen LogP contribution in [0.15, 0.2) is 42.6 Å². The number of hydrogen-bond acceptors (Lipinski definition) is 4. The summed E-state index contributed by atoms with van der Waals surface area (Å²) in [6.07, 6.45) is 6.77. The minimum atomic E-state index is -0.424. The number of amides is 2. The number of rotatable bonds is 2. The van der Waals surface area contributed by atoms with Gasteiger partial charge in [-0.05, 0) is 68.5 Å². The Balaban J connectivity index is 1.49. The van der Waals surface area contributed by atoms with Crippen molar-refractivity contribution < 1.29 is 14.3 Å². The van der Waals surface area contributed by atoms with E-state index in [1.807, 2.05) is 16.2 Å². The number of aromatic nitrogens is 1. The molecule has 1 atom stereocenters. The second-order valence-corrected chi connectivity index (χ2v) is 9.19. The zero-order chi connectivity index (χ0) is 21.5. The van der Waals surface area contributed by atoms with Gasteiger partial charge >= 0.3 is 12.0 Å². The van der Waals surface area contributed by atoms with Crippen LogP contribution in [0.3, 0.4) is 0 Å². The molecular weight excluding hydrogens is 410 g/mol. The Bertz CT molecular complexity index is 1160. The van der Waals surface area contributed by atoms with E-state index >= 15 is 0 Å². The summed E-state index contributed by atoms with van der Waals surface area (Å²) in [5.41, 5.74) is 4.81. The van der Waals surface area contributed by atoms with Gasteiger partial charge in [-0.25, -0.2) is 9.59 Å². The highest BCUT2D eigenvalue weighted by atomic mass is 32.1. The van der Waals surface area contributed by atoms with E-state index in [0.717, 1.165) is 18.5 Å². The van der Waals surface area contributed by atoms with Gasteiger partial charge in [0.05, 0.1) is 25.3 Å². The molecule has 1 aliphatic carbocycles. The van der Waals surface area contributed by atoms with Gasteiger partial charge in [-0.3, -0.25) is 0 Å². The van der Waals surface area contributed by atoms with E-state index in [4.69, 9.17) is 4.74 Å². The van der Waals surface area contributed by atoms with E-state index in [2.05, 4.69) is 35.1 Å². The average Bonchev–Trinajstić information content (AvgIpc) is 3.39. The van der Waals surface area contributed by atoms with Gasteiger partial charge in [0, 0.05) is 28.0 Å². The zero-order valence-corrected chi connectivity index (χ0v) is 18.5. The number of hydrogen-bond donors (Lipinski definition) is 1. The molecule has 6 nitrogen and oxygen atoms in total. The first-order chi connectivity index (χ1) is 15.1. The molecule has 31 heavy (non-hydrogen) atoms. The van der Waals surface area contributed by atoms with Gasteiger partial charge in [-0.2, -0.15) is 0 Å². The highest BCUT2D eigenvalue weighted by molar-refractivity contribution is 7.15. The van der Waals surface area contributed by atoms with Crippen LogP contribution in [0.25, 0.3) is 5.00 Å². The topological polar surface area (TPSA) is 63.6 Å². The molecule has 0 radical (unpaired) electrons. The predicted molar refractivity (Wildman–Crippen MR) is 121 cm³/mol. The van der Waals surface area contributed by atoms with Crippen molar-refractivity contribution in [3.05, 3.63) is 69.9 Å². The van der Waals surface area contributed by atoms with E-state index in [1.165, 1.54) is 41.0 Å². The van der Waals surface area contributed by atoms with Gasteiger partial charge in [0.25, 0.3) is 0 Å². The van der Waals surface area contributed by atoms with Gasteiger partial charge in [0.2, 0.25) is 0 Å². The van der Waals surface area contributed by atoms with Crippen molar-refractivity contribution in [2.45, 2.75) is 45.2 Å². The van der Waals surface area contributed by atoms with E-state index in [1.54, 1.807) is 24.3 Å². The van der Waals surface area contributed by atoms with Crippen LogP contribution in [0, 0.1) is 0 Å². The Morgan fingerprint density at radius 3 is 2.81 bits per heavy atom. The predicted octanol–water partition coefficient (Wildman–Crippen LogP) is 5.31. The van der Waals surface area contributed by atoms with Crippen LogP contribution < -0.4 is 5.32 Å². The summed E-state index contributed by atoms with van der Waals surface area (Å²) >= 11 is 1.88. The quantitative estimate of drug-likeness (QED) is 0.555. The number of urea groups is 1. The van der Waals surface area contributed by atoms with Crippen molar-refractivity contribution in [1.29, 1.82) is 0 Å². The molecule has 2 aliphatic rings. The lowest BCUT2D eigenvalue weighted by molar-refractivity contribution is 0.0600. The molecule has 2 amide bonds. The van der Waals surface area contributed by atoms with Crippen LogP contribution in [0.1, 0.15) is 57.9 Å². The summed E-state index contributed by atoms with van der Waals surface area (Å²) in [5, 5.41) is 4.24. The maximum absolute atomic E-state index is 13.4. The summed E-state index contributed by atoms with van der Waals surface area (Å²) in [6, 6.07) is 10.7. The van der Waals surface area contributed by atoms with Crippen molar-refractivity contribution in [3.8, 4) is 5.00 Å². The van der Waals surface area contributed by atoms with Crippen molar-refractivity contribution in [1.82, 2.24) is 9.47 Å². The van der Waals surface area contributed by atoms with E-state index in [-0.39, 0.29) is 12.1 Å². The number of methoxy groups -OCH3 is 1. The van der Waals surface area contributed by atoms with E-state index < -0.39 is 5.97 Å². The minimum Gasteiger partial charge on any atom is -0.465 e. The number of carbonyl (C=O) groups is 2. The molecule has 160 valence electrons. The molecule has 1 aliphatic heterocycles. The molecule has 0 saturated carbocycles. The molecule has 1 N–H and O–H groups in total. The fourth-order valence-electron chi connectivity index (χ4n) is 4.65. The summed E-state index contributed by atoms with van der Waals surface area (Å²) < 4.78 is 7.05. The molecule has 3 aromatic rings. The highest BCUT2D eigenvalue weighted by Crippen LogP contribution is 2.42. The molecule has 0 unspecified atom stereocenters. The fraction of sp³-hybridized carbons (Fsp3) is 0.333. The first-order valence-corrected chi connectivity index (χ1v) is 11.5. The van der Waals surface area contributed by atoms with Gasteiger partial charge in [-0.1, -0.05) is 6.07 Å². The summed E-state index contributed by atoms with van der Waals surface area (Å²) in [4.78, 5) is 28.6. The first kappa shape index (κ1) is 19.9. The first-order valence-electron chi connectivity index (χ1n) is 10.6. The summed E-state index contributed by atoms with van der Waals surface area (Å²) in [6.45, 7) is 2.64. The number of fused-ring (bicyclic) bond motifs is 5. The SMILES string of the molecule is COC(=O)c1cccc(NC(=O)N2Cc3c(sc4c3CCCC4)-n3cccc3[C@@H]2C)c1. The van der Waals surface area contributed by atoms with Crippen LogP contribution in [0.4, 0.5) is 10.5 Å². The molecule has 1 aromatic carbocycles. The maximum Gasteiger partial charge on any atom is 0.337 e. The molecule has 0 bridgehead atoms. The van der Waals surface area contributed by atoms with Crippen molar-refractivity contribution >= 4 is 29.0 Å². The number of aryl methyl sites for hydroxylation is 1. The highest BCUT2D eigenvalue weighted by Gasteiger charge is 2.33. The molecule has 3 heterocycles. The zero-order valence-electron chi connectivity index (χ0n) is 17.7. The molecule has 0 saturated heterocycles. The van der Waals surface area contributed by atoms with E-state index in [9.17, 15) is 9.59 Å². The van der Waals surface area contributed by atoms with Gasteiger partial charge in [0.1, 0.15) is 5.00 Å². The van der Waals surface area contributed by atoms with Crippen molar-refractivity contribution in [3.63, 3.8) is 0 Å². The Morgan fingerprint density at radius 1 is 1.13 bits per heavy atom. The molecule has 5 rings (SSSR count). The molecule has 7 heteroatoms. The third kappa shape index (κ3) is 3.43. The molecular formula is C24H25N3O3S. The third-order valence-electron chi connectivity index (χ3n) is 6.28. The maximum atomic E-state index is 13.4. The minimum absolute atomic E-state index is 0.0855. The van der Waals surface area contributed by atoms with Crippen LogP contribution in [0.5, 0.6) is 0 Å². The normalized spacial score (nSPS) is 17.2. The lowest BCUT2D eigenvalue weighted by Crippen LogP contribution is -2.36. The second kappa shape index (κ2) is 7.89. The third-order valence-corrected chi connectivity index (χ3v) is 7.61. The summed E-state index contributed by atoms with van der Waals surface area (Å²) in [5.74, 6) is -0.424. The van der Waals surface area contributed by atoms with Crippen molar-refractivity contribution in [2.24, 2.45) is 0 Å². The Morgan fingerprint density at radius 2 is 1.97 bits per heavy atom. The smallest absolute Gasteiger partial charge is 0.337 e. The number of benzene rings is 1. The average molecular weight is 436 g/mol. The van der Waals surface area contributed by atoms with Gasteiger partial charge < -0.3 is 19.5 Å². The fourth-order valence-corrected chi connectivity index (χ4v) is 6.05. The lowest BCUT2D eigenvalue weighted by atomic mass is 9.95. The Kier molecular flexibility index (Phi) is 5.06. The van der Waals surface area contributed by atoms with Crippen molar-refractivity contribution in [2.75, 3.05) is 12.4 Å². The number of carbonyl (C=O) groups excluding carboxylic acids is 2. The van der Waals surface area contributed by atoms with E-state index in [0.29, 0.717) is 17.8 Å². The van der Waals surface area contributed by atoms with Crippen LogP contribution in [-0.4, -0.2) is 28.6 Å². The number of anilines is 1. The van der Waals surface area contributed by atoms with Gasteiger partial charge in [0.15, 0.2) is 0 Å². The molecule has 0 spiro atoms. The standard InChI is InChI=1S/C24H25N3O3S/c1-15-20-10-6-12-26(20)22-19(18-9-3-4-11-21(18)31-22)14-27(15)24(29)25-17-8-5-7-16(13-17)23(28)30-2/h5-8,10,12-13,15H,3-4,9,11,14H2,1-2H3,(H,25,29)/t15-/m0/s1. The molecule has 2 aromatic heterocycles. The summed E-state index contributed by atoms with van der Waals surface area (Å²) in [7, 11) is 1.35. The lowest BCUT2D eigenvalue weighted by Gasteiger charge is -2.28. The number of nitrogens with zero attached hydrogens (tertiary/aromatic N) is 2. The van der Waals surface area contributed by atoms with Crippen LogP contribution >= 0.6 is 11.3 Å². The Hall–Kier alpha value is -3.06. The second-order valence-electron chi connectivity index (χ2n) is 8.10. The Labute approximate surface area is 185 Å². The molecule has 0 fully saturated rings. The van der Waals surface area contributed by atoms with Crippen LogP contribution in [0.2, 0.25) is 0 Å². The number of thiophene rings is 1. The largest absolute Gasteiger partial charge is 0.465 e. The number of ether oxygens (including phenoxy) is 1. The number of nitrogens with one attached hydrogen (secondary N) is 1.